The molecular formula is C27H23ClN2O4. The number of carbonyl (C=O) groups is 2. The quantitative estimate of drug-likeness (QED) is 0.320. The van der Waals surface area contributed by atoms with Gasteiger partial charge in [-0.1, -0.05) is 60.1 Å². The van der Waals surface area contributed by atoms with Crippen LogP contribution in [-0.2, 0) is 4.79 Å². The normalized spacial score (nSPS) is 10.5. The number of hydrogen-bond donors (Lipinski definition) is 2. The van der Waals surface area contributed by atoms with Crippen molar-refractivity contribution in [1.82, 2.24) is 0 Å². The van der Waals surface area contributed by atoms with Crippen LogP contribution in [0, 0.1) is 0 Å². The molecule has 2 amide bonds. The highest BCUT2D eigenvalue weighted by molar-refractivity contribution is 6.34. The van der Waals surface area contributed by atoms with Gasteiger partial charge in [0.25, 0.3) is 11.8 Å². The second kappa shape index (κ2) is 10.7. The van der Waals surface area contributed by atoms with Crippen molar-refractivity contribution in [3.63, 3.8) is 0 Å². The average Bonchev–Trinajstić information content (AvgIpc) is 2.85. The predicted molar refractivity (Wildman–Crippen MR) is 135 cm³/mol. The third kappa shape index (κ3) is 5.47. The number of carbonyl (C=O) groups excluding carboxylic acids is 2. The Hall–Kier alpha value is -4.03. The Morgan fingerprint density at radius 1 is 0.794 bits per heavy atom. The minimum Gasteiger partial charge on any atom is -0.492 e. The fraction of sp³-hybridized carbons (Fsp3) is 0.111. The zero-order valence-corrected chi connectivity index (χ0v) is 19.3. The summed E-state index contributed by atoms with van der Waals surface area (Å²) in [4.78, 5) is 25.4. The van der Waals surface area contributed by atoms with E-state index in [-0.39, 0.29) is 12.5 Å². The minimum atomic E-state index is -0.394. The maximum Gasteiger partial charge on any atom is 0.262 e. The van der Waals surface area contributed by atoms with Crippen LogP contribution in [0.3, 0.4) is 0 Å². The van der Waals surface area contributed by atoms with Crippen molar-refractivity contribution in [3.8, 4) is 11.5 Å². The Labute approximate surface area is 202 Å². The van der Waals surface area contributed by atoms with Crippen molar-refractivity contribution in [2.75, 3.05) is 23.8 Å². The highest BCUT2D eigenvalue weighted by Gasteiger charge is 2.14. The summed E-state index contributed by atoms with van der Waals surface area (Å²) in [6.07, 6.45) is 0. The number of amides is 2. The molecule has 0 unspecified atom stereocenters. The molecule has 0 saturated carbocycles. The van der Waals surface area contributed by atoms with Gasteiger partial charge in [0, 0.05) is 10.9 Å². The third-order valence-electron chi connectivity index (χ3n) is 5.05. The smallest absolute Gasteiger partial charge is 0.262 e. The Bertz CT molecular complexity index is 1330. The fourth-order valence-electron chi connectivity index (χ4n) is 3.46. The van der Waals surface area contributed by atoms with Crippen molar-refractivity contribution < 1.29 is 19.1 Å². The van der Waals surface area contributed by atoms with Gasteiger partial charge in [0.2, 0.25) is 0 Å². The van der Waals surface area contributed by atoms with Crippen LogP contribution in [0.5, 0.6) is 11.5 Å². The molecule has 6 nitrogen and oxygen atoms in total. The molecular weight excluding hydrogens is 452 g/mol. The highest BCUT2D eigenvalue weighted by Crippen LogP contribution is 2.28. The zero-order chi connectivity index (χ0) is 23.9. The maximum absolute atomic E-state index is 12.8. The van der Waals surface area contributed by atoms with E-state index in [1.165, 1.54) is 6.07 Å². The van der Waals surface area contributed by atoms with Crippen LogP contribution in [0.4, 0.5) is 11.4 Å². The van der Waals surface area contributed by atoms with Crippen LogP contribution in [0.2, 0.25) is 5.02 Å². The van der Waals surface area contributed by atoms with Crippen molar-refractivity contribution in [3.05, 3.63) is 95.5 Å². The molecule has 0 radical (unpaired) electrons. The van der Waals surface area contributed by atoms with Crippen LogP contribution in [0.15, 0.2) is 84.9 Å². The van der Waals surface area contributed by atoms with E-state index in [1.54, 1.807) is 24.3 Å². The highest BCUT2D eigenvalue weighted by atomic mass is 35.5. The molecule has 4 aromatic rings. The Morgan fingerprint density at radius 3 is 2.38 bits per heavy atom. The summed E-state index contributed by atoms with van der Waals surface area (Å²) in [7, 11) is 0. The summed E-state index contributed by atoms with van der Waals surface area (Å²) in [6.45, 7) is 2.14. The molecule has 0 heterocycles. The van der Waals surface area contributed by atoms with Crippen LogP contribution in [0.1, 0.15) is 17.3 Å². The molecule has 0 spiro atoms. The minimum absolute atomic E-state index is 0.206. The van der Waals surface area contributed by atoms with Crippen molar-refractivity contribution in [1.29, 1.82) is 0 Å². The first-order chi connectivity index (χ1) is 16.5. The van der Waals surface area contributed by atoms with Gasteiger partial charge in [0.15, 0.2) is 6.61 Å². The van der Waals surface area contributed by atoms with Gasteiger partial charge in [-0.3, -0.25) is 9.59 Å². The molecule has 0 atom stereocenters. The summed E-state index contributed by atoms with van der Waals surface area (Å²) in [5.74, 6) is 0.437. The lowest BCUT2D eigenvalue weighted by atomic mass is 10.1. The van der Waals surface area contributed by atoms with E-state index < -0.39 is 5.91 Å². The van der Waals surface area contributed by atoms with E-state index in [2.05, 4.69) is 10.6 Å². The molecule has 0 aliphatic rings. The van der Waals surface area contributed by atoms with E-state index in [0.29, 0.717) is 40.1 Å². The molecule has 172 valence electrons. The average molecular weight is 475 g/mol. The van der Waals surface area contributed by atoms with E-state index in [4.69, 9.17) is 21.1 Å². The molecule has 0 aliphatic carbocycles. The molecule has 4 rings (SSSR count). The first-order valence-corrected chi connectivity index (χ1v) is 11.2. The van der Waals surface area contributed by atoms with Crippen molar-refractivity contribution in [2.24, 2.45) is 0 Å². The summed E-state index contributed by atoms with van der Waals surface area (Å²) >= 11 is 6.26. The van der Waals surface area contributed by atoms with Crippen LogP contribution in [-0.4, -0.2) is 25.0 Å². The SMILES string of the molecule is CCOc1ccccc1NC(=O)c1ccc(Cl)c(NC(=O)COc2cccc3ccccc23)c1. The maximum atomic E-state index is 12.8. The van der Waals surface area contributed by atoms with Gasteiger partial charge in [-0.15, -0.1) is 0 Å². The number of rotatable bonds is 8. The summed E-state index contributed by atoms with van der Waals surface area (Å²) in [5.41, 5.74) is 1.21. The Balaban J connectivity index is 1.43. The molecule has 7 heteroatoms. The first-order valence-electron chi connectivity index (χ1n) is 10.8. The zero-order valence-electron chi connectivity index (χ0n) is 18.5. The van der Waals surface area contributed by atoms with Gasteiger partial charge in [-0.25, -0.2) is 0 Å². The molecule has 0 bridgehead atoms. The van der Waals surface area contributed by atoms with Gasteiger partial charge in [-0.05, 0) is 48.7 Å². The summed E-state index contributed by atoms with van der Waals surface area (Å²) in [6, 6.07) is 25.3. The van der Waals surface area contributed by atoms with Crippen molar-refractivity contribution >= 4 is 45.6 Å². The second-order valence-electron chi connectivity index (χ2n) is 7.39. The van der Waals surface area contributed by atoms with Crippen LogP contribution in [0.25, 0.3) is 10.8 Å². The van der Waals surface area contributed by atoms with Crippen molar-refractivity contribution in [2.45, 2.75) is 6.92 Å². The van der Waals surface area contributed by atoms with E-state index >= 15 is 0 Å². The lowest BCUT2D eigenvalue weighted by molar-refractivity contribution is -0.118. The number of hydrogen-bond acceptors (Lipinski definition) is 4. The van der Waals surface area contributed by atoms with Gasteiger partial charge >= 0.3 is 0 Å². The standard InChI is InChI=1S/C27H23ClN2O4/c1-2-33-25-12-6-5-11-22(25)30-27(32)19-14-15-21(28)23(16-19)29-26(31)17-34-24-13-7-9-18-8-3-4-10-20(18)24/h3-16H,2,17H2,1H3,(H,29,31)(H,30,32). The van der Waals surface area contributed by atoms with E-state index in [9.17, 15) is 9.59 Å². The molecule has 0 saturated heterocycles. The summed E-state index contributed by atoms with van der Waals surface area (Å²) < 4.78 is 11.3. The topological polar surface area (TPSA) is 76.7 Å². The third-order valence-corrected chi connectivity index (χ3v) is 5.38. The second-order valence-corrected chi connectivity index (χ2v) is 7.80. The number of anilines is 2. The number of halogens is 1. The number of para-hydroxylation sites is 2. The Kier molecular flexibility index (Phi) is 7.30. The molecule has 34 heavy (non-hydrogen) atoms. The van der Waals surface area contributed by atoms with Crippen LogP contribution < -0.4 is 20.1 Å². The van der Waals surface area contributed by atoms with E-state index in [1.807, 2.05) is 61.5 Å². The van der Waals surface area contributed by atoms with Gasteiger partial charge in [0.1, 0.15) is 11.5 Å². The lowest BCUT2D eigenvalue weighted by Crippen LogP contribution is -2.21. The van der Waals surface area contributed by atoms with Gasteiger partial charge in [-0.2, -0.15) is 0 Å². The first kappa shape index (κ1) is 23.1. The fourth-order valence-corrected chi connectivity index (χ4v) is 3.62. The van der Waals surface area contributed by atoms with Gasteiger partial charge in [0.05, 0.1) is 23.0 Å². The monoisotopic (exact) mass is 474 g/mol. The molecule has 2 N–H and O–H groups in total. The number of fused-ring (bicyclic) bond motifs is 1. The number of nitrogens with one attached hydrogen (secondary N) is 2. The summed E-state index contributed by atoms with van der Waals surface area (Å²) in [5, 5.41) is 7.80. The largest absolute Gasteiger partial charge is 0.492 e. The number of benzene rings is 4. The number of ether oxygens (including phenoxy) is 2. The van der Waals surface area contributed by atoms with E-state index in [0.717, 1.165) is 10.8 Å². The Morgan fingerprint density at radius 2 is 1.53 bits per heavy atom. The van der Waals surface area contributed by atoms with Gasteiger partial charge < -0.3 is 20.1 Å². The molecule has 0 aromatic heterocycles. The molecule has 0 fully saturated rings. The predicted octanol–water partition coefficient (Wildman–Crippen LogP) is 6.16. The molecule has 0 aliphatic heterocycles. The lowest BCUT2D eigenvalue weighted by Gasteiger charge is -2.13. The molecule has 4 aromatic carbocycles. The van der Waals surface area contributed by atoms with Crippen LogP contribution >= 0.6 is 11.6 Å².